The van der Waals surface area contributed by atoms with Crippen molar-refractivity contribution < 1.29 is 18.3 Å². The van der Waals surface area contributed by atoms with Gasteiger partial charge in [0.05, 0.1) is 11.3 Å². The number of phenols is 1. The number of piperidine rings is 1. The molecule has 1 heterocycles. The molecule has 0 saturated carbocycles. The molecule has 6 heteroatoms. The van der Waals surface area contributed by atoms with E-state index < -0.39 is 11.7 Å². The monoisotopic (exact) mass is 336 g/mol. The zero-order chi connectivity index (χ0) is 17.2. The van der Waals surface area contributed by atoms with Crippen LogP contribution in [0.4, 0.5) is 24.5 Å². The van der Waals surface area contributed by atoms with E-state index in [-0.39, 0.29) is 11.8 Å². The number of para-hydroxylation sites is 2. The highest BCUT2D eigenvalue weighted by Gasteiger charge is 2.30. The molecular formula is C18H19F3N2O. The standard InChI is InChI=1S/C18H19F3N2O/c19-18(20,21)13-5-7-15(8-6-13)23-11-9-14(10-12-23)22-16-3-1-2-4-17(16)24/h1-8,14,22,24H,9-12H2. The summed E-state index contributed by atoms with van der Waals surface area (Å²) in [6.07, 6.45) is -2.59. The van der Waals surface area contributed by atoms with Crippen molar-refractivity contribution in [3.8, 4) is 5.75 Å². The Morgan fingerprint density at radius 2 is 1.58 bits per heavy atom. The average Bonchev–Trinajstić information content (AvgIpc) is 2.57. The molecule has 3 rings (SSSR count). The number of phenolic OH excluding ortho intramolecular Hbond substituents is 1. The molecule has 1 aliphatic heterocycles. The van der Waals surface area contributed by atoms with Crippen LogP contribution in [0.2, 0.25) is 0 Å². The first-order chi connectivity index (χ1) is 11.4. The van der Waals surface area contributed by atoms with E-state index in [1.165, 1.54) is 12.1 Å². The zero-order valence-corrected chi connectivity index (χ0v) is 13.1. The van der Waals surface area contributed by atoms with Crippen LogP contribution in [0.25, 0.3) is 0 Å². The summed E-state index contributed by atoms with van der Waals surface area (Å²) in [6.45, 7) is 1.52. The van der Waals surface area contributed by atoms with Crippen molar-refractivity contribution in [3.05, 3.63) is 54.1 Å². The van der Waals surface area contributed by atoms with Crippen LogP contribution in [0, 0.1) is 0 Å². The second-order valence-corrected chi connectivity index (χ2v) is 5.97. The molecule has 1 fully saturated rings. The molecule has 128 valence electrons. The lowest BCUT2D eigenvalue weighted by Gasteiger charge is -2.34. The van der Waals surface area contributed by atoms with Gasteiger partial charge >= 0.3 is 6.18 Å². The lowest BCUT2D eigenvalue weighted by Crippen LogP contribution is -2.39. The van der Waals surface area contributed by atoms with Crippen molar-refractivity contribution in [3.63, 3.8) is 0 Å². The smallest absolute Gasteiger partial charge is 0.416 e. The van der Waals surface area contributed by atoms with Gasteiger partial charge in [-0.2, -0.15) is 13.2 Å². The van der Waals surface area contributed by atoms with Crippen molar-refractivity contribution in [2.45, 2.75) is 25.1 Å². The minimum atomic E-state index is -4.30. The summed E-state index contributed by atoms with van der Waals surface area (Å²) in [5.74, 6) is 0.225. The Labute approximate surface area is 138 Å². The van der Waals surface area contributed by atoms with Crippen LogP contribution in [-0.4, -0.2) is 24.2 Å². The Hall–Kier alpha value is -2.37. The zero-order valence-electron chi connectivity index (χ0n) is 13.1. The molecule has 2 aromatic carbocycles. The van der Waals surface area contributed by atoms with E-state index in [4.69, 9.17) is 0 Å². The first-order valence-electron chi connectivity index (χ1n) is 7.90. The van der Waals surface area contributed by atoms with Crippen LogP contribution in [0.5, 0.6) is 5.75 Å². The molecule has 0 atom stereocenters. The van der Waals surface area contributed by atoms with Crippen molar-refractivity contribution in [2.24, 2.45) is 0 Å². The number of rotatable bonds is 3. The summed E-state index contributed by atoms with van der Waals surface area (Å²) in [6, 6.07) is 12.6. The van der Waals surface area contributed by atoms with E-state index in [2.05, 4.69) is 10.2 Å². The molecule has 2 N–H and O–H groups in total. The number of nitrogens with one attached hydrogen (secondary N) is 1. The van der Waals surface area contributed by atoms with Gasteiger partial charge in [0, 0.05) is 24.8 Å². The minimum absolute atomic E-state index is 0.225. The van der Waals surface area contributed by atoms with E-state index in [0.717, 1.165) is 43.8 Å². The number of nitrogens with zero attached hydrogens (tertiary/aromatic N) is 1. The van der Waals surface area contributed by atoms with Crippen LogP contribution in [0.3, 0.4) is 0 Å². The third-order valence-electron chi connectivity index (χ3n) is 4.32. The van der Waals surface area contributed by atoms with E-state index in [0.29, 0.717) is 5.69 Å². The van der Waals surface area contributed by atoms with Gasteiger partial charge in [-0.25, -0.2) is 0 Å². The third-order valence-corrected chi connectivity index (χ3v) is 4.32. The SMILES string of the molecule is Oc1ccccc1NC1CCN(c2ccc(C(F)(F)F)cc2)CC1. The molecule has 0 radical (unpaired) electrons. The number of hydrogen-bond donors (Lipinski definition) is 2. The van der Waals surface area contributed by atoms with Gasteiger partial charge in [-0.05, 0) is 49.2 Å². The highest BCUT2D eigenvalue weighted by molar-refractivity contribution is 5.56. The second-order valence-electron chi connectivity index (χ2n) is 5.97. The van der Waals surface area contributed by atoms with Gasteiger partial charge in [-0.1, -0.05) is 12.1 Å². The van der Waals surface area contributed by atoms with Crippen LogP contribution in [-0.2, 0) is 6.18 Å². The average molecular weight is 336 g/mol. The lowest BCUT2D eigenvalue weighted by atomic mass is 10.0. The topological polar surface area (TPSA) is 35.5 Å². The van der Waals surface area contributed by atoms with Crippen LogP contribution in [0.15, 0.2) is 48.5 Å². The maximum Gasteiger partial charge on any atom is 0.416 e. The number of aromatic hydroxyl groups is 1. The van der Waals surface area contributed by atoms with Gasteiger partial charge < -0.3 is 15.3 Å². The molecule has 1 saturated heterocycles. The molecule has 0 aliphatic carbocycles. The minimum Gasteiger partial charge on any atom is -0.506 e. The van der Waals surface area contributed by atoms with Crippen molar-refractivity contribution >= 4 is 11.4 Å². The number of halogens is 3. The van der Waals surface area contributed by atoms with Crippen molar-refractivity contribution in [2.75, 3.05) is 23.3 Å². The van der Waals surface area contributed by atoms with Gasteiger partial charge in [0.15, 0.2) is 0 Å². The predicted molar refractivity (Wildman–Crippen MR) is 88.4 cm³/mol. The molecule has 0 amide bonds. The highest BCUT2D eigenvalue weighted by atomic mass is 19.4. The van der Waals surface area contributed by atoms with Crippen molar-refractivity contribution in [1.82, 2.24) is 0 Å². The second kappa shape index (κ2) is 6.63. The Morgan fingerprint density at radius 3 is 2.17 bits per heavy atom. The summed E-state index contributed by atoms with van der Waals surface area (Å²) in [5.41, 5.74) is 0.900. The fourth-order valence-corrected chi connectivity index (χ4v) is 2.96. The van der Waals surface area contributed by atoms with Gasteiger partial charge in [0.25, 0.3) is 0 Å². The van der Waals surface area contributed by atoms with Crippen LogP contribution >= 0.6 is 0 Å². The number of anilines is 2. The van der Waals surface area contributed by atoms with Gasteiger partial charge in [0.2, 0.25) is 0 Å². The maximum atomic E-state index is 12.6. The van der Waals surface area contributed by atoms with E-state index >= 15 is 0 Å². The molecule has 0 unspecified atom stereocenters. The summed E-state index contributed by atoms with van der Waals surface area (Å²) >= 11 is 0. The molecule has 0 bridgehead atoms. The van der Waals surface area contributed by atoms with E-state index in [9.17, 15) is 18.3 Å². The Morgan fingerprint density at radius 1 is 0.958 bits per heavy atom. The summed E-state index contributed by atoms with van der Waals surface area (Å²) in [7, 11) is 0. The van der Waals surface area contributed by atoms with E-state index in [1.807, 2.05) is 12.1 Å². The summed E-state index contributed by atoms with van der Waals surface area (Å²) in [5, 5.41) is 13.1. The normalized spacial score (nSPS) is 16.2. The molecule has 24 heavy (non-hydrogen) atoms. The third kappa shape index (κ3) is 3.75. The van der Waals surface area contributed by atoms with Gasteiger partial charge in [-0.3, -0.25) is 0 Å². The highest BCUT2D eigenvalue weighted by Crippen LogP contribution is 2.31. The van der Waals surface area contributed by atoms with Crippen molar-refractivity contribution in [1.29, 1.82) is 0 Å². The first-order valence-corrected chi connectivity index (χ1v) is 7.90. The number of alkyl halides is 3. The molecule has 0 aromatic heterocycles. The van der Waals surface area contributed by atoms with Gasteiger partial charge in [0.1, 0.15) is 5.75 Å². The maximum absolute atomic E-state index is 12.6. The summed E-state index contributed by atoms with van der Waals surface area (Å²) in [4.78, 5) is 2.09. The molecule has 2 aromatic rings. The molecular weight excluding hydrogens is 317 g/mol. The molecule has 3 nitrogen and oxygen atoms in total. The molecule has 1 aliphatic rings. The molecule has 0 spiro atoms. The van der Waals surface area contributed by atoms with Crippen LogP contribution < -0.4 is 10.2 Å². The number of benzene rings is 2. The first kappa shape index (κ1) is 16.5. The van der Waals surface area contributed by atoms with E-state index in [1.54, 1.807) is 12.1 Å². The quantitative estimate of drug-likeness (QED) is 0.811. The Balaban J connectivity index is 1.58. The fourth-order valence-electron chi connectivity index (χ4n) is 2.96. The van der Waals surface area contributed by atoms with Crippen LogP contribution in [0.1, 0.15) is 18.4 Å². The fraction of sp³-hybridized carbons (Fsp3) is 0.333. The Kier molecular flexibility index (Phi) is 4.55. The lowest BCUT2D eigenvalue weighted by molar-refractivity contribution is -0.137. The predicted octanol–water partition coefficient (Wildman–Crippen LogP) is 4.49. The number of hydrogen-bond acceptors (Lipinski definition) is 3. The largest absolute Gasteiger partial charge is 0.506 e. The Bertz CT molecular complexity index is 677. The van der Waals surface area contributed by atoms with Gasteiger partial charge in [-0.15, -0.1) is 0 Å². The summed E-state index contributed by atoms with van der Waals surface area (Å²) < 4.78 is 37.8.